The SMILES string of the molecule is [N-]=[N+]=NC1CN[C@@H](C=O)C1. The first-order chi connectivity index (χ1) is 4.86. The van der Waals surface area contributed by atoms with Crippen LogP contribution in [0.15, 0.2) is 5.11 Å². The second kappa shape index (κ2) is 3.20. The van der Waals surface area contributed by atoms with Gasteiger partial charge in [-0.15, -0.1) is 0 Å². The molecule has 10 heavy (non-hydrogen) atoms. The van der Waals surface area contributed by atoms with Gasteiger partial charge in [-0.1, -0.05) is 5.11 Å². The Morgan fingerprint density at radius 2 is 2.60 bits per heavy atom. The fourth-order valence-corrected chi connectivity index (χ4v) is 1.01. The first-order valence-electron chi connectivity index (χ1n) is 3.09. The Bertz CT molecular complexity index is 174. The lowest BCUT2D eigenvalue weighted by Gasteiger charge is -1.95. The minimum atomic E-state index is -0.115. The molecule has 1 heterocycles. The van der Waals surface area contributed by atoms with Crippen molar-refractivity contribution < 1.29 is 4.79 Å². The van der Waals surface area contributed by atoms with Crippen LogP contribution in [0.5, 0.6) is 0 Å². The smallest absolute Gasteiger partial charge is 0.136 e. The Morgan fingerprint density at radius 1 is 1.80 bits per heavy atom. The molecule has 1 saturated heterocycles. The van der Waals surface area contributed by atoms with Crippen LogP contribution < -0.4 is 5.32 Å². The molecule has 1 N–H and O–H groups in total. The molecule has 5 nitrogen and oxygen atoms in total. The van der Waals surface area contributed by atoms with Crippen LogP contribution in [0.1, 0.15) is 6.42 Å². The van der Waals surface area contributed by atoms with Crippen molar-refractivity contribution in [3.05, 3.63) is 10.4 Å². The van der Waals surface area contributed by atoms with E-state index in [0.29, 0.717) is 13.0 Å². The molecule has 0 radical (unpaired) electrons. The summed E-state index contributed by atoms with van der Waals surface area (Å²) in [5, 5.41) is 6.39. The molecule has 1 unspecified atom stereocenters. The monoisotopic (exact) mass is 140 g/mol. The zero-order valence-electron chi connectivity index (χ0n) is 5.40. The molecule has 0 aromatic rings. The third-order valence-corrected chi connectivity index (χ3v) is 1.52. The summed E-state index contributed by atoms with van der Waals surface area (Å²) in [6.45, 7) is 0.619. The average molecular weight is 140 g/mol. The van der Waals surface area contributed by atoms with Crippen molar-refractivity contribution in [3.63, 3.8) is 0 Å². The van der Waals surface area contributed by atoms with E-state index in [-0.39, 0.29) is 12.1 Å². The number of nitrogens with one attached hydrogen (secondary N) is 1. The van der Waals surface area contributed by atoms with E-state index in [1.807, 2.05) is 0 Å². The summed E-state index contributed by atoms with van der Waals surface area (Å²) in [6, 6.07) is -0.157. The Kier molecular flexibility index (Phi) is 2.25. The summed E-state index contributed by atoms with van der Waals surface area (Å²) in [7, 11) is 0. The summed E-state index contributed by atoms with van der Waals surface area (Å²) in [4.78, 5) is 12.8. The largest absolute Gasteiger partial charge is 0.307 e. The molecule has 2 atom stereocenters. The van der Waals surface area contributed by atoms with Gasteiger partial charge in [-0.3, -0.25) is 0 Å². The van der Waals surface area contributed by atoms with E-state index in [2.05, 4.69) is 15.3 Å². The highest BCUT2D eigenvalue weighted by molar-refractivity contribution is 5.58. The van der Waals surface area contributed by atoms with Crippen LogP contribution in [0.25, 0.3) is 10.4 Å². The van der Waals surface area contributed by atoms with E-state index in [9.17, 15) is 4.79 Å². The standard InChI is InChI=1S/C5H8N4O/c6-9-8-4-1-5(3-10)7-2-4/h3-5,7H,1-2H2/t4?,5-/m1/s1. The van der Waals surface area contributed by atoms with Crippen molar-refractivity contribution in [3.8, 4) is 0 Å². The van der Waals surface area contributed by atoms with Crippen molar-refractivity contribution in [2.45, 2.75) is 18.5 Å². The number of azide groups is 1. The number of hydrogen-bond donors (Lipinski definition) is 1. The van der Waals surface area contributed by atoms with Gasteiger partial charge < -0.3 is 10.1 Å². The van der Waals surface area contributed by atoms with E-state index in [1.54, 1.807) is 0 Å². The highest BCUT2D eigenvalue weighted by Gasteiger charge is 2.21. The second-order valence-corrected chi connectivity index (χ2v) is 2.25. The third kappa shape index (κ3) is 1.46. The predicted octanol–water partition coefficient (Wildman–Crippen LogP) is 0.226. The van der Waals surface area contributed by atoms with Gasteiger partial charge in [0.15, 0.2) is 0 Å². The molecule has 0 bridgehead atoms. The van der Waals surface area contributed by atoms with Gasteiger partial charge in [-0.25, -0.2) is 0 Å². The van der Waals surface area contributed by atoms with E-state index in [1.165, 1.54) is 0 Å². The van der Waals surface area contributed by atoms with Gasteiger partial charge in [0.1, 0.15) is 6.29 Å². The summed E-state index contributed by atoms with van der Waals surface area (Å²) in [6.07, 6.45) is 1.47. The number of nitrogens with zero attached hydrogens (tertiary/aromatic N) is 3. The van der Waals surface area contributed by atoms with Crippen molar-refractivity contribution >= 4 is 6.29 Å². The average Bonchev–Trinajstić information content (AvgIpc) is 2.37. The minimum absolute atomic E-state index is 0.0415. The molecule has 1 aliphatic heterocycles. The van der Waals surface area contributed by atoms with E-state index < -0.39 is 0 Å². The van der Waals surface area contributed by atoms with Crippen molar-refractivity contribution in [1.29, 1.82) is 0 Å². The Morgan fingerprint density at radius 3 is 3.10 bits per heavy atom. The Balaban J connectivity index is 2.42. The van der Waals surface area contributed by atoms with Gasteiger partial charge in [0.2, 0.25) is 0 Å². The van der Waals surface area contributed by atoms with Crippen LogP contribution in [-0.4, -0.2) is 24.9 Å². The molecular formula is C5H8N4O. The lowest BCUT2D eigenvalue weighted by molar-refractivity contribution is -0.109. The maximum Gasteiger partial charge on any atom is 0.136 e. The first-order valence-corrected chi connectivity index (χ1v) is 3.09. The highest BCUT2D eigenvalue weighted by Crippen LogP contribution is 2.07. The van der Waals surface area contributed by atoms with Crippen molar-refractivity contribution in [2.75, 3.05) is 6.54 Å². The first kappa shape index (κ1) is 7.05. The maximum absolute atomic E-state index is 10.2. The van der Waals surface area contributed by atoms with Gasteiger partial charge in [0, 0.05) is 11.5 Å². The summed E-state index contributed by atoms with van der Waals surface area (Å²) >= 11 is 0. The molecule has 0 aliphatic carbocycles. The van der Waals surface area contributed by atoms with E-state index >= 15 is 0 Å². The predicted molar refractivity (Wildman–Crippen MR) is 35.4 cm³/mol. The molecule has 1 aliphatic rings. The minimum Gasteiger partial charge on any atom is -0.307 e. The zero-order chi connectivity index (χ0) is 7.40. The van der Waals surface area contributed by atoms with Gasteiger partial charge in [0.25, 0.3) is 0 Å². The molecule has 0 amide bonds. The quantitative estimate of drug-likeness (QED) is 0.258. The molecule has 54 valence electrons. The van der Waals surface area contributed by atoms with Crippen LogP contribution in [0.2, 0.25) is 0 Å². The lowest BCUT2D eigenvalue weighted by Crippen LogP contribution is -2.22. The molecule has 5 heteroatoms. The second-order valence-electron chi connectivity index (χ2n) is 2.25. The fourth-order valence-electron chi connectivity index (χ4n) is 1.01. The molecule has 0 spiro atoms. The molecule has 0 aromatic heterocycles. The summed E-state index contributed by atoms with van der Waals surface area (Å²) in [5.41, 5.74) is 8.03. The van der Waals surface area contributed by atoms with Crippen LogP contribution in [0.3, 0.4) is 0 Å². The molecule has 0 aromatic carbocycles. The third-order valence-electron chi connectivity index (χ3n) is 1.52. The maximum atomic E-state index is 10.2. The molecule has 1 fully saturated rings. The van der Waals surface area contributed by atoms with Gasteiger partial charge in [-0.2, -0.15) is 0 Å². The van der Waals surface area contributed by atoms with E-state index in [4.69, 9.17) is 5.53 Å². The highest BCUT2D eigenvalue weighted by atomic mass is 16.1. The van der Waals surface area contributed by atoms with Crippen LogP contribution >= 0.6 is 0 Å². The number of rotatable bonds is 2. The Labute approximate surface area is 58.0 Å². The van der Waals surface area contributed by atoms with Crippen molar-refractivity contribution in [1.82, 2.24) is 5.32 Å². The molecule has 1 rings (SSSR count). The zero-order valence-corrected chi connectivity index (χ0v) is 5.40. The summed E-state index contributed by atoms with van der Waals surface area (Å²) in [5.74, 6) is 0. The fraction of sp³-hybridized carbons (Fsp3) is 0.800. The lowest BCUT2D eigenvalue weighted by atomic mass is 10.2. The van der Waals surface area contributed by atoms with Gasteiger partial charge in [-0.05, 0) is 12.0 Å². The normalized spacial score (nSPS) is 31.2. The van der Waals surface area contributed by atoms with Crippen LogP contribution in [0, 0.1) is 0 Å². The number of carbonyl (C=O) groups is 1. The molecule has 0 saturated carbocycles. The van der Waals surface area contributed by atoms with Gasteiger partial charge in [0.05, 0.1) is 12.1 Å². The topological polar surface area (TPSA) is 77.9 Å². The van der Waals surface area contributed by atoms with Crippen molar-refractivity contribution in [2.24, 2.45) is 5.11 Å². The molecular weight excluding hydrogens is 132 g/mol. The number of hydrogen-bond acceptors (Lipinski definition) is 3. The van der Waals surface area contributed by atoms with Crippen LogP contribution in [0.4, 0.5) is 0 Å². The van der Waals surface area contributed by atoms with Crippen LogP contribution in [-0.2, 0) is 4.79 Å². The number of aldehydes is 1. The van der Waals surface area contributed by atoms with E-state index in [0.717, 1.165) is 6.29 Å². The Hall–Kier alpha value is -1.06. The van der Waals surface area contributed by atoms with Gasteiger partial charge >= 0.3 is 0 Å². The number of carbonyl (C=O) groups excluding carboxylic acids is 1. The summed E-state index contributed by atoms with van der Waals surface area (Å²) < 4.78 is 0.